The number of nitrogen functional groups attached to an aromatic ring is 1. The van der Waals surface area contributed by atoms with Gasteiger partial charge in [0, 0.05) is 12.6 Å². The van der Waals surface area contributed by atoms with Gasteiger partial charge in [-0.15, -0.1) is 0 Å². The lowest BCUT2D eigenvalue weighted by molar-refractivity contribution is 0.244. The van der Waals surface area contributed by atoms with E-state index in [4.69, 9.17) is 11.0 Å². The maximum Gasteiger partial charge on any atom is 0.0992 e. The van der Waals surface area contributed by atoms with Crippen LogP contribution in [-0.4, -0.2) is 12.6 Å². The molecule has 0 spiro atoms. The lowest BCUT2D eigenvalue weighted by Crippen LogP contribution is -2.47. The molecule has 1 saturated heterocycles. The van der Waals surface area contributed by atoms with Gasteiger partial charge in [0.05, 0.1) is 23.0 Å². The summed E-state index contributed by atoms with van der Waals surface area (Å²) >= 11 is 0. The van der Waals surface area contributed by atoms with Crippen molar-refractivity contribution in [3.05, 3.63) is 23.8 Å². The first-order chi connectivity index (χ1) is 9.29. The van der Waals surface area contributed by atoms with Crippen LogP contribution in [0.1, 0.15) is 44.1 Å². The van der Waals surface area contributed by atoms with Crippen molar-refractivity contribution in [1.82, 2.24) is 0 Å². The zero-order chi connectivity index (χ0) is 13.2. The second kappa shape index (κ2) is 5.13. The third kappa shape index (κ3) is 2.28. The minimum absolute atomic E-state index is 0.638. The Hall–Kier alpha value is -1.69. The number of nitrogens with two attached hydrogens (primary N) is 1. The van der Waals surface area contributed by atoms with Crippen molar-refractivity contribution in [3.63, 3.8) is 0 Å². The zero-order valence-corrected chi connectivity index (χ0v) is 11.3. The Kier molecular flexibility index (Phi) is 3.33. The molecule has 100 valence electrons. The summed E-state index contributed by atoms with van der Waals surface area (Å²) in [6, 6.07) is 8.51. The van der Waals surface area contributed by atoms with Crippen LogP contribution >= 0.6 is 0 Å². The molecular formula is C16H21N3. The smallest absolute Gasteiger partial charge is 0.0992 e. The number of nitrogens with zero attached hydrogens (tertiary/aromatic N) is 2. The number of anilines is 2. The van der Waals surface area contributed by atoms with Crippen LogP contribution in [-0.2, 0) is 0 Å². The molecule has 2 unspecified atom stereocenters. The molecule has 3 heteroatoms. The molecule has 2 atom stereocenters. The van der Waals surface area contributed by atoms with E-state index >= 15 is 0 Å². The predicted molar refractivity (Wildman–Crippen MR) is 77.9 cm³/mol. The second-order valence-corrected chi connectivity index (χ2v) is 5.83. The summed E-state index contributed by atoms with van der Waals surface area (Å²) in [5, 5.41) is 9.07. The highest BCUT2D eigenvalue weighted by atomic mass is 15.2. The quantitative estimate of drug-likeness (QED) is 0.783. The van der Waals surface area contributed by atoms with E-state index in [-0.39, 0.29) is 0 Å². The highest BCUT2D eigenvalue weighted by Gasteiger charge is 2.33. The molecule has 3 nitrogen and oxygen atoms in total. The van der Waals surface area contributed by atoms with Crippen LogP contribution in [0.15, 0.2) is 18.2 Å². The van der Waals surface area contributed by atoms with E-state index in [1.807, 2.05) is 12.1 Å². The average Bonchev–Trinajstić information content (AvgIpc) is 2.47. The molecule has 1 saturated carbocycles. The molecule has 19 heavy (non-hydrogen) atoms. The van der Waals surface area contributed by atoms with Gasteiger partial charge in [0.1, 0.15) is 0 Å². The van der Waals surface area contributed by atoms with Crippen LogP contribution in [0, 0.1) is 17.2 Å². The Labute approximate surface area is 115 Å². The van der Waals surface area contributed by atoms with Gasteiger partial charge < -0.3 is 10.6 Å². The Morgan fingerprint density at radius 3 is 2.79 bits per heavy atom. The number of nitriles is 1. The van der Waals surface area contributed by atoms with E-state index in [2.05, 4.69) is 11.0 Å². The summed E-state index contributed by atoms with van der Waals surface area (Å²) in [5.41, 5.74) is 8.75. The zero-order valence-electron chi connectivity index (χ0n) is 11.3. The van der Waals surface area contributed by atoms with Crippen molar-refractivity contribution in [2.45, 2.75) is 44.6 Å². The molecule has 3 rings (SSSR count). The Morgan fingerprint density at radius 1 is 1.16 bits per heavy atom. The highest BCUT2D eigenvalue weighted by Crippen LogP contribution is 2.39. The maximum absolute atomic E-state index is 9.07. The van der Waals surface area contributed by atoms with Crippen molar-refractivity contribution in [2.75, 3.05) is 17.2 Å². The van der Waals surface area contributed by atoms with Crippen molar-refractivity contribution < 1.29 is 0 Å². The standard InChI is InChI=1S/C16H21N3/c17-11-12-7-8-14(18)16(10-12)19-9-3-5-13-4-1-2-6-15(13)19/h7-8,10,13,15H,1-6,9,18H2. The molecule has 0 radical (unpaired) electrons. The minimum atomic E-state index is 0.638. The molecule has 1 aliphatic carbocycles. The Bertz CT molecular complexity index is 501. The van der Waals surface area contributed by atoms with Crippen molar-refractivity contribution in [1.29, 1.82) is 5.26 Å². The van der Waals surface area contributed by atoms with E-state index in [1.165, 1.54) is 38.5 Å². The molecular weight excluding hydrogens is 234 g/mol. The van der Waals surface area contributed by atoms with Crippen molar-refractivity contribution in [3.8, 4) is 6.07 Å². The van der Waals surface area contributed by atoms with Gasteiger partial charge in [-0.1, -0.05) is 12.8 Å². The van der Waals surface area contributed by atoms with Crippen molar-refractivity contribution in [2.24, 2.45) is 5.92 Å². The first-order valence-electron chi connectivity index (χ1n) is 7.36. The van der Waals surface area contributed by atoms with Crippen LogP contribution in [0.2, 0.25) is 0 Å². The predicted octanol–water partition coefficient (Wildman–Crippen LogP) is 3.30. The molecule has 1 aliphatic heterocycles. The molecule has 1 aromatic carbocycles. The maximum atomic E-state index is 9.07. The fraction of sp³-hybridized carbons (Fsp3) is 0.562. The van der Waals surface area contributed by atoms with Crippen LogP contribution in [0.4, 0.5) is 11.4 Å². The first kappa shape index (κ1) is 12.3. The van der Waals surface area contributed by atoms with Crippen molar-refractivity contribution >= 4 is 11.4 Å². The van der Waals surface area contributed by atoms with Gasteiger partial charge in [0.15, 0.2) is 0 Å². The van der Waals surface area contributed by atoms with Gasteiger partial charge in [0.2, 0.25) is 0 Å². The van der Waals surface area contributed by atoms with Crippen LogP contribution < -0.4 is 10.6 Å². The average molecular weight is 255 g/mol. The lowest BCUT2D eigenvalue weighted by atomic mass is 9.78. The number of benzene rings is 1. The minimum Gasteiger partial charge on any atom is -0.397 e. The third-order valence-corrected chi connectivity index (χ3v) is 4.71. The van der Waals surface area contributed by atoms with Crippen LogP contribution in [0.25, 0.3) is 0 Å². The first-order valence-corrected chi connectivity index (χ1v) is 7.36. The summed E-state index contributed by atoms with van der Waals surface area (Å²) < 4.78 is 0. The van der Waals surface area contributed by atoms with E-state index in [9.17, 15) is 0 Å². The lowest BCUT2D eigenvalue weighted by Gasteiger charge is -2.45. The van der Waals surface area contributed by atoms with Crippen LogP contribution in [0.3, 0.4) is 0 Å². The molecule has 0 bridgehead atoms. The molecule has 1 heterocycles. The number of hydrogen-bond acceptors (Lipinski definition) is 3. The number of rotatable bonds is 1. The fourth-order valence-corrected chi connectivity index (χ4v) is 3.79. The summed E-state index contributed by atoms with van der Waals surface area (Å²) in [7, 11) is 0. The summed E-state index contributed by atoms with van der Waals surface area (Å²) in [6.45, 7) is 1.08. The van der Waals surface area contributed by atoms with Gasteiger partial charge in [-0.25, -0.2) is 0 Å². The Morgan fingerprint density at radius 2 is 1.95 bits per heavy atom. The highest BCUT2D eigenvalue weighted by molar-refractivity contribution is 5.70. The van der Waals surface area contributed by atoms with E-state index in [0.29, 0.717) is 11.6 Å². The van der Waals surface area contributed by atoms with Gasteiger partial charge in [0.25, 0.3) is 0 Å². The molecule has 1 aromatic rings. The second-order valence-electron chi connectivity index (χ2n) is 5.83. The molecule has 2 N–H and O–H groups in total. The molecule has 2 fully saturated rings. The van der Waals surface area contributed by atoms with Gasteiger partial charge in [-0.2, -0.15) is 5.26 Å². The largest absolute Gasteiger partial charge is 0.397 e. The topological polar surface area (TPSA) is 53.1 Å². The van der Waals surface area contributed by atoms with Crippen LogP contribution in [0.5, 0.6) is 0 Å². The fourth-order valence-electron chi connectivity index (χ4n) is 3.79. The molecule has 2 aliphatic rings. The summed E-state index contributed by atoms with van der Waals surface area (Å²) in [5.74, 6) is 0.827. The van der Waals surface area contributed by atoms with E-state index < -0.39 is 0 Å². The number of fused-ring (bicyclic) bond motifs is 1. The molecule has 0 amide bonds. The van der Waals surface area contributed by atoms with Gasteiger partial charge in [-0.3, -0.25) is 0 Å². The number of hydrogen-bond donors (Lipinski definition) is 1. The normalized spacial score (nSPS) is 26.6. The SMILES string of the molecule is N#Cc1ccc(N)c(N2CCCC3CCCCC32)c1. The van der Waals surface area contributed by atoms with Gasteiger partial charge >= 0.3 is 0 Å². The summed E-state index contributed by atoms with van der Waals surface area (Å²) in [6.07, 6.45) is 7.95. The summed E-state index contributed by atoms with van der Waals surface area (Å²) in [4.78, 5) is 2.48. The monoisotopic (exact) mass is 255 g/mol. The van der Waals surface area contributed by atoms with E-state index in [1.54, 1.807) is 6.07 Å². The van der Waals surface area contributed by atoms with E-state index in [0.717, 1.165) is 23.8 Å². The van der Waals surface area contributed by atoms with Gasteiger partial charge in [-0.05, 0) is 49.8 Å². The third-order valence-electron chi connectivity index (χ3n) is 4.71. The number of piperidine rings is 1. The molecule has 0 aromatic heterocycles. The Balaban J connectivity index is 1.93.